The first-order valence-electron chi connectivity index (χ1n) is 9.64. The highest BCUT2D eigenvalue weighted by molar-refractivity contribution is 7.92. The Morgan fingerprint density at radius 2 is 1.79 bits per heavy atom. The summed E-state index contributed by atoms with van der Waals surface area (Å²) in [6, 6.07) is 14.5. The minimum Gasteiger partial charge on any atom is -0.377 e. The summed E-state index contributed by atoms with van der Waals surface area (Å²) in [5, 5.41) is 5.78. The molecule has 0 spiro atoms. The molecule has 0 aromatic heterocycles. The number of ether oxygens (including phenoxy) is 1. The quantitative estimate of drug-likeness (QED) is 0.697. The molecule has 7 nitrogen and oxygen atoms in total. The molecule has 3 N–H and O–H groups in total. The zero-order valence-electron chi connectivity index (χ0n) is 16.4. The molecule has 1 saturated heterocycles. The zero-order valence-corrected chi connectivity index (χ0v) is 17.2. The van der Waals surface area contributed by atoms with Gasteiger partial charge in [-0.1, -0.05) is 38.1 Å². The number of hydrogen-bond acceptors (Lipinski definition) is 4. The molecule has 0 radical (unpaired) electrons. The molecule has 1 heterocycles. The Morgan fingerprint density at radius 3 is 2.55 bits per heavy atom. The van der Waals surface area contributed by atoms with Crippen LogP contribution in [-0.2, 0) is 14.8 Å². The van der Waals surface area contributed by atoms with Gasteiger partial charge in [0.25, 0.3) is 10.0 Å². The van der Waals surface area contributed by atoms with E-state index in [1.165, 1.54) is 12.1 Å². The second-order valence-electron chi connectivity index (χ2n) is 8.14. The van der Waals surface area contributed by atoms with Crippen LogP contribution in [0.25, 0.3) is 0 Å². The summed E-state index contributed by atoms with van der Waals surface area (Å²) in [7, 11) is -3.76. The first-order valence-corrected chi connectivity index (χ1v) is 11.1. The SMILES string of the molecule is CC1(C)[C@H](NC(=O)Nc2cccc(S(=O)(=O)Nc3ccccc3)c2)[C@@H]2CCO[C@H]21. The lowest BCUT2D eigenvalue weighted by atomic mass is 9.57. The Morgan fingerprint density at radius 1 is 1.07 bits per heavy atom. The lowest BCUT2D eigenvalue weighted by Gasteiger charge is -2.54. The fraction of sp³-hybridized carbons (Fsp3) is 0.381. The first kappa shape index (κ1) is 19.7. The van der Waals surface area contributed by atoms with Crippen molar-refractivity contribution in [1.29, 1.82) is 0 Å². The van der Waals surface area contributed by atoms with E-state index in [0.717, 1.165) is 13.0 Å². The number of sulfonamides is 1. The largest absolute Gasteiger partial charge is 0.377 e. The van der Waals surface area contributed by atoms with Gasteiger partial charge in [0.05, 0.1) is 11.0 Å². The minimum atomic E-state index is -3.76. The predicted octanol–water partition coefficient (Wildman–Crippen LogP) is 3.42. The van der Waals surface area contributed by atoms with Crippen LogP contribution in [0, 0.1) is 11.3 Å². The van der Waals surface area contributed by atoms with Crippen LogP contribution in [0.2, 0.25) is 0 Å². The molecule has 1 aliphatic carbocycles. The molecule has 1 saturated carbocycles. The van der Waals surface area contributed by atoms with Gasteiger partial charge in [0.2, 0.25) is 0 Å². The third kappa shape index (κ3) is 3.82. The molecule has 0 unspecified atom stereocenters. The molecule has 3 atom stereocenters. The molecular weight excluding hydrogens is 390 g/mol. The average molecular weight is 416 g/mol. The first-order chi connectivity index (χ1) is 13.8. The third-order valence-corrected chi connectivity index (χ3v) is 7.19. The number of carbonyl (C=O) groups is 1. The fourth-order valence-electron chi connectivity index (χ4n) is 4.39. The molecular formula is C21H25N3O4S. The van der Waals surface area contributed by atoms with Gasteiger partial charge in [0, 0.05) is 35.4 Å². The summed E-state index contributed by atoms with van der Waals surface area (Å²) in [6.07, 6.45) is 1.13. The van der Waals surface area contributed by atoms with Gasteiger partial charge in [-0.25, -0.2) is 13.2 Å². The highest BCUT2D eigenvalue weighted by Gasteiger charge is 2.59. The number of hydrogen-bond donors (Lipinski definition) is 3. The zero-order chi connectivity index (χ0) is 20.6. The number of benzene rings is 2. The second-order valence-corrected chi connectivity index (χ2v) is 9.82. The van der Waals surface area contributed by atoms with Gasteiger partial charge in [-0.15, -0.1) is 0 Å². The molecule has 2 aromatic carbocycles. The van der Waals surface area contributed by atoms with Crippen LogP contribution in [-0.4, -0.2) is 33.2 Å². The minimum absolute atomic E-state index is 0.0293. The van der Waals surface area contributed by atoms with Crippen molar-refractivity contribution in [1.82, 2.24) is 5.32 Å². The topological polar surface area (TPSA) is 96.5 Å². The molecule has 2 aromatic rings. The summed E-state index contributed by atoms with van der Waals surface area (Å²) in [5.74, 6) is 0.331. The van der Waals surface area contributed by atoms with Gasteiger partial charge in [-0.05, 0) is 36.8 Å². The Labute approximate surface area is 170 Å². The van der Waals surface area contributed by atoms with Gasteiger partial charge in [0.1, 0.15) is 0 Å². The van der Waals surface area contributed by atoms with Crippen molar-refractivity contribution in [2.45, 2.75) is 37.3 Å². The lowest BCUT2D eigenvalue weighted by Crippen LogP contribution is -2.67. The van der Waals surface area contributed by atoms with E-state index >= 15 is 0 Å². The number of para-hydroxylation sites is 1. The molecule has 8 heteroatoms. The van der Waals surface area contributed by atoms with E-state index in [1.54, 1.807) is 36.4 Å². The van der Waals surface area contributed by atoms with E-state index in [4.69, 9.17) is 4.74 Å². The van der Waals surface area contributed by atoms with Gasteiger partial charge in [-0.3, -0.25) is 4.72 Å². The molecule has 2 fully saturated rings. The molecule has 29 heavy (non-hydrogen) atoms. The van der Waals surface area contributed by atoms with Gasteiger partial charge < -0.3 is 15.4 Å². The van der Waals surface area contributed by atoms with Crippen molar-refractivity contribution in [3.05, 3.63) is 54.6 Å². The van der Waals surface area contributed by atoms with E-state index in [1.807, 2.05) is 6.07 Å². The lowest BCUT2D eigenvalue weighted by molar-refractivity contribution is -0.107. The van der Waals surface area contributed by atoms with Crippen molar-refractivity contribution < 1.29 is 17.9 Å². The molecule has 4 rings (SSSR count). The monoisotopic (exact) mass is 415 g/mol. The fourth-order valence-corrected chi connectivity index (χ4v) is 5.49. The molecule has 154 valence electrons. The van der Waals surface area contributed by atoms with Crippen molar-refractivity contribution in [2.24, 2.45) is 11.3 Å². The number of anilines is 2. The Bertz CT molecular complexity index is 1010. The van der Waals surface area contributed by atoms with Crippen LogP contribution >= 0.6 is 0 Å². The number of carbonyl (C=O) groups excluding carboxylic acids is 1. The number of amides is 2. The summed E-state index contributed by atoms with van der Waals surface area (Å²) in [5.41, 5.74) is 0.766. The van der Waals surface area contributed by atoms with Crippen molar-refractivity contribution in [2.75, 3.05) is 16.6 Å². The van der Waals surface area contributed by atoms with Crippen LogP contribution in [0.3, 0.4) is 0 Å². The summed E-state index contributed by atoms with van der Waals surface area (Å²) in [6.45, 7) is 4.91. The van der Waals surface area contributed by atoms with E-state index < -0.39 is 10.0 Å². The van der Waals surface area contributed by atoms with Crippen molar-refractivity contribution >= 4 is 27.4 Å². The molecule has 1 aliphatic heterocycles. The second kappa shape index (κ2) is 7.35. The maximum Gasteiger partial charge on any atom is 0.319 e. The van der Waals surface area contributed by atoms with Crippen LogP contribution < -0.4 is 15.4 Å². The highest BCUT2D eigenvalue weighted by atomic mass is 32.2. The van der Waals surface area contributed by atoms with Crippen molar-refractivity contribution in [3.8, 4) is 0 Å². The summed E-state index contributed by atoms with van der Waals surface area (Å²) < 4.78 is 33.5. The van der Waals surface area contributed by atoms with E-state index in [-0.39, 0.29) is 28.5 Å². The van der Waals surface area contributed by atoms with Gasteiger partial charge in [0.15, 0.2) is 0 Å². The smallest absolute Gasteiger partial charge is 0.319 e. The van der Waals surface area contributed by atoms with Crippen LogP contribution in [0.1, 0.15) is 20.3 Å². The van der Waals surface area contributed by atoms with Gasteiger partial charge in [-0.2, -0.15) is 0 Å². The molecule has 2 aliphatic rings. The maximum atomic E-state index is 12.6. The normalized spacial score (nSPS) is 24.8. The van der Waals surface area contributed by atoms with E-state index in [0.29, 0.717) is 17.3 Å². The summed E-state index contributed by atoms with van der Waals surface area (Å²) in [4.78, 5) is 12.6. The number of fused-ring (bicyclic) bond motifs is 1. The third-order valence-electron chi connectivity index (χ3n) is 5.82. The van der Waals surface area contributed by atoms with Crippen molar-refractivity contribution in [3.63, 3.8) is 0 Å². The number of rotatable bonds is 5. The number of nitrogens with one attached hydrogen (secondary N) is 3. The van der Waals surface area contributed by atoms with E-state index in [2.05, 4.69) is 29.2 Å². The standard InChI is InChI=1S/C21H25N3O4S/c1-21(2)18(17-11-12-28-19(17)21)23-20(25)22-15-9-6-10-16(13-15)29(26,27)24-14-7-4-3-5-8-14/h3-10,13,17-19,24H,11-12H2,1-2H3,(H2,22,23,25)/t17-,18+,19+/m0/s1. The average Bonchev–Trinajstić information content (AvgIpc) is 3.14. The maximum absolute atomic E-state index is 12.6. The summed E-state index contributed by atoms with van der Waals surface area (Å²) >= 11 is 0. The Balaban J connectivity index is 1.43. The Kier molecular flexibility index (Phi) is 5.00. The van der Waals surface area contributed by atoms with Gasteiger partial charge >= 0.3 is 6.03 Å². The molecule has 2 amide bonds. The number of urea groups is 1. The molecule has 0 bridgehead atoms. The van der Waals surface area contributed by atoms with Crippen LogP contribution in [0.4, 0.5) is 16.2 Å². The van der Waals surface area contributed by atoms with Crippen LogP contribution in [0.15, 0.2) is 59.5 Å². The Hall–Kier alpha value is -2.58. The van der Waals surface area contributed by atoms with Crippen LogP contribution in [0.5, 0.6) is 0 Å². The highest BCUT2D eigenvalue weighted by Crippen LogP contribution is 2.52. The van der Waals surface area contributed by atoms with E-state index in [9.17, 15) is 13.2 Å². The predicted molar refractivity (Wildman–Crippen MR) is 111 cm³/mol.